The fraction of sp³-hybridized carbons (Fsp3) is 0.348. The summed E-state index contributed by atoms with van der Waals surface area (Å²) in [5.74, 6) is -1.08. The maximum Gasteiger partial charge on any atom is 0.326 e. The van der Waals surface area contributed by atoms with E-state index in [0.29, 0.717) is 32.5 Å². The number of carboxylic acid groups (broad SMARTS) is 1. The zero-order valence-electron chi connectivity index (χ0n) is 17.8. The van der Waals surface area contributed by atoms with Crippen LogP contribution in [0.25, 0.3) is 0 Å². The molecule has 174 valence electrons. The molecule has 2 aliphatic heterocycles. The number of hydrogen-bond donors (Lipinski definition) is 3. The predicted octanol–water partition coefficient (Wildman–Crippen LogP) is 4.43. The second-order valence-electron chi connectivity index (χ2n) is 8.23. The van der Waals surface area contributed by atoms with Crippen molar-refractivity contribution in [2.24, 2.45) is 0 Å². The van der Waals surface area contributed by atoms with Crippen LogP contribution in [0.4, 0.5) is 15.3 Å². The summed E-state index contributed by atoms with van der Waals surface area (Å²) < 4.78 is 1.69. The topological polar surface area (TPSA) is 102 Å². The highest BCUT2D eigenvalue weighted by atomic mass is 79.9. The van der Waals surface area contributed by atoms with Crippen LogP contribution in [0, 0.1) is 0 Å². The molecule has 0 aromatic heterocycles. The van der Waals surface area contributed by atoms with Crippen molar-refractivity contribution in [3.8, 4) is 0 Å². The van der Waals surface area contributed by atoms with Crippen molar-refractivity contribution in [3.63, 3.8) is 0 Å². The fourth-order valence-corrected chi connectivity index (χ4v) is 4.91. The molecule has 4 rings (SSSR count). The largest absolute Gasteiger partial charge is 0.480 e. The van der Waals surface area contributed by atoms with Gasteiger partial charge in [0, 0.05) is 46.7 Å². The van der Waals surface area contributed by atoms with Crippen LogP contribution in [0.1, 0.15) is 24.0 Å². The number of para-hydroxylation sites is 1. The molecule has 4 amide bonds. The highest BCUT2D eigenvalue weighted by molar-refractivity contribution is 9.13. The average molecular weight is 580 g/mol. The monoisotopic (exact) mass is 578 g/mol. The van der Waals surface area contributed by atoms with Crippen molar-refractivity contribution in [2.45, 2.75) is 37.9 Å². The number of rotatable bonds is 5. The quantitative estimate of drug-likeness (QED) is 0.488. The molecule has 2 aromatic carbocycles. The molecule has 2 heterocycles. The molecule has 0 bridgehead atoms. The lowest BCUT2D eigenvalue weighted by molar-refractivity contribution is -0.139. The van der Waals surface area contributed by atoms with E-state index in [4.69, 9.17) is 0 Å². The first-order valence-electron chi connectivity index (χ1n) is 10.7. The van der Waals surface area contributed by atoms with Gasteiger partial charge in [0.05, 0.1) is 0 Å². The summed E-state index contributed by atoms with van der Waals surface area (Å²) in [5.41, 5.74) is 2.71. The lowest BCUT2D eigenvalue weighted by Gasteiger charge is -2.40. The number of amides is 4. The maximum atomic E-state index is 12.8. The van der Waals surface area contributed by atoms with Crippen LogP contribution in [0.15, 0.2) is 51.4 Å². The van der Waals surface area contributed by atoms with Gasteiger partial charge in [0.25, 0.3) is 0 Å². The fourth-order valence-electron chi connectivity index (χ4n) is 4.24. The number of halogens is 2. The molecule has 3 N–H and O–H groups in total. The molecular weight excluding hydrogens is 556 g/mol. The van der Waals surface area contributed by atoms with E-state index in [2.05, 4.69) is 42.5 Å². The molecule has 0 aliphatic carbocycles. The first-order valence-corrected chi connectivity index (χ1v) is 12.3. The molecule has 2 aliphatic rings. The summed E-state index contributed by atoms with van der Waals surface area (Å²) in [5, 5.41) is 15.2. The number of aliphatic carboxylic acids is 1. The lowest BCUT2D eigenvalue weighted by atomic mass is 10.0. The number of nitrogens with zero attached hydrogens (tertiary/aromatic N) is 2. The van der Waals surface area contributed by atoms with Crippen molar-refractivity contribution in [2.75, 3.05) is 18.4 Å². The second-order valence-corrected chi connectivity index (χ2v) is 9.93. The molecular formula is C23H24Br2N4O4. The van der Waals surface area contributed by atoms with Crippen molar-refractivity contribution >= 4 is 55.6 Å². The molecule has 0 spiro atoms. The van der Waals surface area contributed by atoms with E-state index in [1.807, 2.05) is 47.4 Å². The molecule has 2 aromatic rings. The van der Waals surface area contributed by atoms with Crippen LogP contribution in [-0.2, 0) is 17.8 Å². The molecule has 1 saturated heterocycles. The summed E-state index contributed by atoms with van der Waals surface area (Å²) in [6, 6.07) is 11.7. The van der Waals surface area contributed by atoms with Gasteiger partial charge in [-0.3, -0.25) is 0 Å². The SMILES string of the molecule is O=C(O)[C@H](Cc1ccc(Br)c(Br)c1)NC(=O)N1CCC(N2Cc3ccccc3NC2=O)CC1. The van der Waals surface area contributed by atoms with Gasteiger partial charge in [-0.15, -0.1) is 0 Å². The van der Waals surface area contributed by atoms with Crippen LogP contribution < -0.4 is 10.6 Å². The minimum Gasteiger partial charge on any atom is -0.480 e. The molecule has 0 radical (unpaired) electrons. The Bertz CT molecular complexity index is 1070. The van der Waals surface area contributed by atoms with Gasteiger partial charge >= 0.3 is 18.0 Å². The molecule has 0 unspecified atom stereocenters. The smallest absolute Gasteiger partial charge is 0.326 e. The third kappa shape index (κ3) is 5.50. The molecule has 0 saturated carbocycles. The summed E-state index contributed by atoms with van der Waals surface area (Å²) in [4.78, 5) is 40.5. The summed E-state index contributed by atoms with van der Waals surface area (Å²) >= 11 is 6.81. The van der Waals surface area contributed by atoms with Crippen molar-refractivity contribution < 1.29 is 19.5 Å². The predicted molar refractivity (Wildman–Crippen MR) is 131 cm³/mol. The van der Waals surface area contributed by atoms with Crippen LogP contribution >= 0.6 is 31.9 Å². The Kier molecular flexibility index (Phi) is 7.23. The number of likely N-dealkylation sites (tertiary alicyclic amines) is 1. The van der Waals surface area contributed by atoms with Crippen LogP contribution in [0.5, 0.6) is 0 Å². The normalized spacial score (nSPS) is 17.2. The van der Waals surface area contributed by atoms with Gasteiger partial charge in [-0.05, 0) is 74.0 Å². The van der Waals surface area contributed by atoms with Crippen LogP contribution in [0.2, 0.25) is 0 Å². The Hall–Kier alpha value is -2.59. The number of anilines is 1. The standard InChI is InChI=1S/C23H24Br2N4O4/c24-17-6-5-14(11-18(17)25)12-20(21(30)31)27-22(32)28-9-7-16(8-10-28)29-13-15-3-1-2-4-19(15)26-23(29)33/h1-6,11,16,20H,7-10,12-13H2,(H,26,33)(H,27,32)(H,30,31)/t20-/m0/s1. The zero-order valence-corrected chi connectivity index (χ0v) is 20.9. The number of carboxylic acids is 1. The van der Waals surface area contributed by atoms with E-state index in [1.165, 1.54) is 0 Å². The molecule has 33 heavy (non-hydrogen) atoms. The van der Waals surface area contributed by atoms with Gasteiger partial charge in [-0.2, -0.15) is 0 Å². The molecule has 10 heteroatoms. The van der Waals surface area contributed by atoms with Gasteiger partial charge < -0.3 is 25.5 Å². The van der Waals surface area contributed by atoms with E-state index in [0.717, 1.165) is 25.8 Å². The Balaban J connectivity index is 1.33. The number of fused-ring (bicyclic) bond motifs is 1. The first kappa shape index (κ1) is 23.6. The first-order chi connectivity index (χ1) is 15.8. The number of nitrogens with one attached hydrogen (secondary N) is 2. The lowest BCUT2D eigenvalue weighted by Crippen LogP contribution is -2.54. The number of urea groups is 2. The maximum absolute atomic E-state index is 12.8. The number of benzene rings is 2. The van der Waals surface area contributed by atoms with E-state index < -0.39 is 18.0 Å². The molecule has 8 nitrogen and oxygen atoms in total. The average Bonchev–Trinajstić information content (AvgIpc) is 2.80. The van der Waals surface area contributed by atoms with Gasteiger partial charge in [-0.1, -0.05) is 24.3 Å². The van der Waals surface area contributed by atoms with E-state index in [1.54, 1.807) is 4.90 Å². The third-order valence-corrected chi connectivity index (χ3v) is 7.95. The van der Waals surface area contributed by atoms with E-state index >= 15 is 0 Å². The third-order valence-electron chi connectivity index (χ3n) is 6.07. The number of carbonyl (C=O) groups is 3. The highest BCUT2D eigenvalue weighted by Crippen LogP contribution is 2.28. The van der Waals surface area contributed by atoms with E-state index in [9.17, 15) is 19.5 Å². The highest BCUT2D eigenvalue weighted by Gasteiger charge is 2.33. The minimum absolute atomic E-state index is 0.0257. The van der Waals surface area contributed by atoms with Gasteiger partial charge in [-0.25, -0.2) is 14.4 Å². The zero-order chi connectivity index (χ0) is 23.5. The van der Waals surface area contributed by atoms with Crippen LogP contribution in [0.3, 0.4) is 0 Å². The Morgan fingerprint density at radius 3 is 2.55 bits per heavy atom. The second kappa shape index (κ2) is 10.1. The molecule has 1 fully saturated rings. The van der Waals surface area contributed by atoms with Gasteiger partial charge in [0.15, 0.2) is 0 Å². The number of hydrogen-bond acceptors (Lipinski definition) is 3. The Morgan fingerprint density at radius 1 is 1.12 bits per heavy atom. The number of carbonyl (C=O) groups excluding carboxylic acids is 2. The van der Waals surface area contributed by atoms with Crippen molar-refractivity contribution in [1.82, 2.24) is 15.1 Å². The Labute approximate surface area is 208 Å². The Morgan fingerprint density at radius 2 is 1.85 bits per heavy atom. The summed E-state index contributed by atoms with van der Waals surface area (Å²) in [6.45, 7) is 1.46. The minimum atomic E-state index is -1.08. The van der Waals surface area contributed by atoms with Crippen molar-refractivity contribution in [3.05, 3.63) is 62.5 Å². The van der Waals surface area contributed by atoms with Crippen molar-refractivity contribution in [1.29, 1.82) is 0 Å². The summed E-state index contributed by atoms with van der Waals surface area (Å²) in [7, 11) is 0. The van der Waals surface area contributed by atoms with Gasteiger partial charge in [0.1, 0.15) is 6.04 Å². The van der Waals surface area contributed by atoms with Crippen LogP contribution in [-0.4, -0.2) is 58.1 Å². The summed E-state index contributed by atoms with van der Waals surface area (Å²) in [6.07, 6.45) is 1.46. The van der Waals surface area contributed by atoms with Gasteiger partial charge in [0.2, 0.25) is 0 Å². The number of piperidine rings is 1. The van der Waals surface area contributed by atoms with E-state index in [-0.39, 0.29) is 18.5 Å². The molecule has 1 atom stereocenters.